The maximum Gasteiger partial charge on any atom is 0.415 e. The Labute approximate surface area is 87.3 Å². The Kier molecular flexibility index (Phi) is 5.55. The van der Waals surface area contributed by atoms with Gasteiger partial charge in [-0.05, 0) is 12.8 Å². The molecule has 0 heterocycles. The minimum atomic E-state index is -4.61. The van der Waals surface area contributed by atoms with Crippen molar-refractivity contribution in [3.05, 3.63) is 0 Å². The molecule has 0 rings (SSSR count). The van der Waals surface area contributed by atoms with E-state index < -0.39 is 24.4 Å². The second-order valence-electron chi connectivity index (χ2n) is 3.62. The van der Waals surface area contributed by atoms with E-state index in [0.29, 0.717) is 12.8 Å². The quantitative estimate of drug-likeness (QED) is 0.638. The van der Waals surface area contributed by atoms with Gasteiger partial charge in [0.1, 0.15) is 0 Å². The number of hydrogen-bond donors (Lipinski definition) is 3. The van der Waals surface area contributed by atoms with Gasteiger partial charge in [0.15, 0.2) is 6.10 Å². The van der Waals surface area contributed by atoms with Gasteiger partial charge in [0.05, 0.1) is 5.60 Å². The van der Waals surface area contributed by atoms with Crippen LogP contribution in [0.5, 0.6) is 0 Å². The van der Waals surface area contributed by atoms with Crippen molar-refractivity contribution in [3.8, 4) is 0 Å². The van der Waals surface area contributed by atoms with E-state index in [-0.39, 0.29) is 6.54 Å². The Balaban J connectivity index is 3.89. The molecular weight excluding hydrogens is 211 g/mol. The fourth-order valence-electron chi connectivity index (χ4n) is 1.06. The fourth-order valence-corrected chi connectivity index (χ4v) is 1.06. The lowest BCUT2D eigenvalue weighted by atomic mass is 9.97. The Hall–Kier alpha value is -0.330. The molecule has 0 aliphatic heterocycles. The highest BCUT2D eigenvalue weighted by atomic mass is 19.4. The van der Waals surface area contributed by atoms with Crippen LogP contribution in [0.25, 0.3) is 0 Å². The van der Waals surface area contributed by atoms with E-state index in [4.69, 9.17) is 5.11 Å². The first-order valence-corrected chi connectivity index (χ1v) is 4.93. The summed E-state index contributed by atoms with van der Waals surface area (Å²) in [5.74, 6) is 0. The SMILES string of the molecule is CCC(O)(CC)CNCC(O)C(F)(F)F. The van der Waals surface area contributed by atoms with E-state index in [1.54, 1.807) is 13.8 Å². The molecule has 92 valence electrons. The molecule has 0 aliphatic rings. The molecule has 3 nitrogen and oxygen atoms in total. The lowest BCUT2D eigenvalue weighted by molar-refractivity contribution is -0.202. The molecule has 1 atom stereocenters. The van der Waals surface area contributed by atoms with Crippen molar-refractivity contribution < 1.29 is 23.4 Å². The summed E-state index contributed by atoms with van der Waals surface area (Å²) in [6.07, 6.45) is -6.07. The standard InChI is InChI=1S/C9H18F3NO2/c1-3-8(15,4-2)6-13-5-7(14)9(10,11)12/h7,13-15H,3-6H2,1-2H3. The van der Waals surface area contributed by atoms with Gasteiger partial charge < -0.3 is 15.5 Å². The summed E-state index contributed by atoms with van der Waals surface area (Å²) in [6, 6.07) is 0. The predicted molar refractivity (Wildman–Crippen MR) is 50.5 cm³/mol. The van der Waals surface area contributed by atoms with E-state index in [1.165, 1.54) is 0 Å². The molecule has 3 N–H and O–H groups in total. The van der Waals surface area contributed by atoms with Gasteiger partial charge in [0, 0.05) is 13.1 Å². The Morgan fingerprint density at radius 3 is 2.00 bits per heavy atom. The summed E-state index contributed by atoms with van der Waals surface area (Å²) >= 11 is 0. The number of rotatable bonds is 6. The third kappa shape index (κ3) is 5.34. The van der Waals surface area contributed by atoms with Gasteiger partial charge in [0.2, 0.25) is 0 Å². The number of alkyl halides is 3. The van der Waals surface area contributed by atoms with Crippen LogP contribution in [-0.2, 0) is 0 Å². The molecule has 15 heavy (non-hydrogen) atoms. The average Bonchev–Trinajstić information content (AvgIpc) is 2.16. The van der Waals surface area contributed by atoms with Gasteiger partial charge in [-0.2, -0.15) is 13.2 Å². The lowest BCUT2D eigenvalue weighted by Gasteiger charge is -2.26. The van der Waals surface area contributed by atoms with E-state index in [1.807, 2.05) is 0 Å². The van der Waals surface area contributed by atoms with E-state index in [0.717, 1.165) is 0 Å². The highest BCUT2D eigenvalue weighted by Gasteiger charge is 2.38. The molecule has 0 aliphatic carbocycles. The van der Waals surface area contributed by atoms with Crippen LogP contribution in [-0.4, -0.2) is 41.2 Å². The van der Waals surface area contributed by atoms with Crippen LogP contribution in [0.15, 0.2) is 0 Å². The average molecular weight is 229 g/mol. The molecule has 6 heteroatoms. The first-order chi connectivity index (χ1) is 6.75. The summed E-state index contributed by atoms with van der Waals surface area (Å²) in [5, 5.41) is 20.8. The topological polar surface area (TPSA) is 52.5 Å². The predicted octanol–water partition coefficient (Wildman–Crippen LogP) is 1.05. The molecule has 0 bridgehead atoms. The Morgan fingerprint density at radius 2 is 1.67 bits per heavy atom. The third-order valence-corrected chi connectivity index (χ3v) is 2.49. The molecule has 0 fully saturated rings. The van der Waals surface area contributed by atoms with Crippen LogP contribution in [0.3, 0.4) is 0 Å². The molecule has 0 spiro atoms. The number of halogens is 3. The van der Waals surface area contributed by atoms with Crippen molar-refractivity contribution in [1.82, 2.24) is 5.32 Å². The van der Waals surface area contributed by atoms with Gasteiger partial charge in [-0.25, -0.2) is 0 Å². The highest BCUT2D eigenvalue weighted by molar-refractivity contribution is 4.79. The Morgan fingerprint density at radius 1 is 1.20 bits per heavy atom. The zero-order valence-electron chi connectivity index (χ0n) is 8.93. The summed E-state index contributed by atoms with van der Waals surface area (Å²) in [4.78, 5) is 0. The smallest absolute Gasteiger partial charge is 0.389 e. The summed E-state index contributed by atoms with van der Waals surface area (Å²) in [6.45, 7) is 2.97. The zero-order valence-corrected chi connectivity index (χ0v) is 8.93. The molecule has 0 aromatic carbocycles. The highest BCUT2D eigenvalue weighted by Crippen LogP contribution is 2.19. The van der Waals surface area contributed by atoms with Gasteiger partial charge in [-0.3, -0.25) is 0 Å². The van der Waals surface area contributed by atoms with Crippen molar-refractivity contribution in [3.63, 3.8) is 0 Å². The minimum absolute atomic E-state index is 0.0487. The Bertz CT molecular complexity index is 181. The molecule has 0 amide bonds. The monoisotopic (exact) mass is 229 g/mol. The van der Waals surface area contributed by atoms with Crippen LogP contribution in [0, 0.1) is 0 Å². The van der Waals surface area contributed by atoms with Gasteiger partial charge in [-0.15, -0.1) is 0 Å². The van der Waals surface area contributed by atoms with Crippen LogP contribution >= 0.6 is 0 Å². The van der Waals surface area contributed by atoms with Crippen molar-refractivity contribution in [2.75, 3.05) is 13.1 Å². The van der Waals surface area contributed by atoms with E-state index >= 15 is 0 Å². The van der Waals surface area contributed by atoms with Crippen molar-refractivity contribution >= 4 is 0 Å². The van der Waals surface area contributed by atoms with Gasteiger partial charge >= 0.3 is 6.18 Å². The number of aliphatic hydroxyl groups excluding tert-OH is 1. The minimum Gasteiger partial charge on any atom is -0.389 e. The van der Waals surface area contributed by atoms with Crippen LogP contribution in [0.2, 0.25) is 0 Å². The number of nitrogens with one attached hydrogen (secondary N) is 1. The van der Waals surface area contributed by atoms with Crippen molar-refractivity contribution in [2.45, 2.75) is 44.6 Å². The molecule has 0 radical (unpaired) electrons. The first kappa shape index (κ1) is 14.7. The summed E-state index contributed by atoms with van der Waals surface area (Å²) < 4.78 is 35.6. The van der Waals surface area contributed by atoms with Gasteiger partial charge in [0.25, 0.3) is 0 Å². The largest absolute Gasteiger partial charge is 0.415 e. The molecule has 0 saturated carbocycles. The second kappa shape index (κ2) is 5.67. The zero-order chi connectivity index (χ0) is 12.1. The molecule has 1 unspecified atom stereocenters. The van der Waals surface area contributed by atoms with Crippen molar-refractivity contribution in [2.24, 2.45) is 0 Å². The first-order valence-electron chi connectivity index (χ1n) is 4.93. The fraction of sp³-hybridized carbons (Fsp3) is 1.00. The lowest BCUT2D eigenvalue weighted by Crippen LogP contribution is -2.45. The second-order valence-corrected chi connectivity index (χ2v) is 3.62. The van der Waals surface area contributed by atoms with Crippen LogP contribution < -0.4 is 5.32 Å². The van der Waals surface area contributed by atoms with Gasteiger partial charge in [-0.1, -0.05) is 13.8 Å². The van der Waals surface area contributed by atoms with Crippen molar-refractivity contribution in [1.29, 1.82) is 0 Å². The molecule has 0 aromatic rings. The molecule has 0 saturated heterocycles. The van der Waals surface area contributed by atoms with Crippen LogP contribution in [0.1, 0.15) is 26.7 Å². The molecule has 0 aromatic heterocycles. The summed E-state index contributed by atoms with van der Waals surface area (Å²) in [5.41, 5.74) is -0.995. The van der Waals surface area contributed by atoms with E-state index in [9.17, 15) is 18.3 Å². The van der Waals surface area contributed by atoms with Crippen LogP contribution in [0.4, 0.5) is 13.2 Å². The number of aliphatic hydroxyl groups is 2. The van der Waals surface area contributed by atoms with E-state index in [2.05, 4.69) is 5.32 Å². The number of hydrogen-bond acceptors (Lipinski definition) is 3. The third-order valence-electron chi connectivity index (χ3n) is 2.49. The normalized spacial score (nSPS) is 15.4. The maximum atomic E-state index is 11.9. The maximum absolute atomic E-state index is 11.9. The molecular formula is C9H18F3NO2. The summed E-state index contributed by atoms with van der Waals surface area (Å²) in [7, 11) is 0.